The van der Waals surface area contributed by atoms with E-state index in [1.165, 1.54) is 71.0 Å². The number of hydrogen-bond acceptors (Lipinski definition) is 7. The molecule has 3 heterocycles. The van der Waals surface area contributed by atoms with Crippen LogP contribution >= 0.6 is 0 Å². The molecule has 2 aromatic heterocycles. The van der Waals surface area contributed by atoms with Crippen LogP contribution < -0.4 is 16.4 Å². The van der Waals surface area contributed by atoms with Gasteiger partial charge in [0, 0.05) is 43.8 Å². The standard InChI is InChI=1S/C25H40N8/c26-18-7-9-19(10-8-18)29-25-30-23(28-20-11-13-32(14-12-20)15-17-5-6-17)22-24(31-25)33(16-27-22)21-3-1-2-4-21/h16-21H,1-15,26H2,(H2,28,29,30,31). The molecule has 1 saturated heterocycles. The molecule has 6 rings (SSSR count). The Kier molecular flexibility index (Phi) is 6.13. The molecule has 180 valence electrons. The van der Waals surface area contributed by atoms with Crippen molar-refractivity contribution in [2.75, 3.05) is 30.3 Å². The molecule has 0 atom stereocenters. The van der Waals surface area contributed by atoms with Gasteiger partial charge in [-0.05, 0) is 70.1 Å². The largest absolute Gasteiger partial charge is 0.365 e. The van der Waals surface area contributed by atoms with Gasteiger partial charge in [-0.15, -0.1) is 0 Å². The van der Waals surface area contributed by atoms with Crippen LogP contribution in [0.5, 0.6) is 0 Å². The predicted octanol–water partition coefficient (Wildman–Crippen LogP) is 3.91. The highest BCUT2D eigenvalue weighted by Gasteiger charge is 2.28. The van der Waals surface area contributed by atoms with Crippen LogP contribution in [0.3, 0.4) is 0 Å². The van der Waals surface area contributed by atoms with E-state index >= 15 is 0 Å². The molecule has 0 radical (unpaired) electrons. The van der Waals surface area contributed by atoms with Crippen LogP contribution in [0.4, 0.5) is 11.8 Å². The number of anilines is 2. The monoisotopic (exact) mass is 452 g/mol. The average molecular weight is 453 g/mol. The van der Waals surface area contributed by atoms with Crippen molar-refractivity contribution in [3.8, 4) is 0 Å². The zero-order valence-electron chi connectivity index (χ0n) is 19.9. The maximum atomic E-state index is 6.12. The predicted molar refractivity (Wildman–Crippen MR) is 132 cm³/mol. The number of nitrogens with zero attached hydrogens (tertiary/aromatic N) is 5. The molecule has 1 aliphatic heterocycles. The zero-order chi connectivity index (χ0) is 22.2. The fourth-order valence-corrected chi connectivity index (χ4v) is 6.10. The van der Waals surface area contributed by atoms with E-state index in [0.29, 0.717) is 24.2 Å². The summed E-state index contributed by atoms with van der Waals surface area (Å²) in [5.74, 6) is 2.63. The minimum atomic E-state index is 0.346. The Bertz CT molecular complexity index is 931. The van der Waals surface area contributed by atoms with Crippen LogP contribution in [0.1, 0.15) is 83.1 Å². The molecular formula is C25H40N8. The number of hydrogen-bond donors (Lipinski definition) is 3. The molecule has 8 nitrogen and oxygen atoms in total. The average Bonchev–Trinajstić information content (AvgIpc) is 3.29. The van der Waals surface area contributed by atoms with Gasteiger partial charge in [-0.3, -0.25) is 0 Å². The molecule has 0 aromatic carbocycles. The lowest BCUT2D eigenvalue weighted by Gasteiger charge is -2.32. The second-order valence-corrected chi connectivity index (χ2v) is 11.1. The number of nitrogens with one attached hydrogen (secondary N) is 2. The Morgan fingerprint density at radius 1 is 0.848 bits per heavy atom. The van der Waals surface area contributed by atoms with Crippen molar-refractivity contribution in [1.82, 2.24) is 24.4 Å². The number of nitrogens with two attached hydrogens (primary N) is 1. The van der Waals surface area contributed by atoms with Gasteiger partial charge >= 0.3 is 0 Å². The van der Waals surface area contributed by atoms with Gasteiger partial charge < -0.3 is 25.8 Å². The molecule has 0 amide bonds. The van der Waals surface area contributed by atoms with Crippen molar-refractivity contribution >= 4 is 22.9 Å². The number of aromatic nitrogens is 4. The van der Waals surface area contributed by atoms with Crippen LogP contribution in [0.15, 0.2) is 6.33 Å². The van der Waals surface area contributed by atoms with E-state index < -0.39 is 0 Å². The Morgan fingerprint density at radius 2 is 1.58 bits per heavy atom. The maximum Gasteiger partial charge on any atom is 0.227 e. The lowest BCUT2D eigenvalue weighted by Crippen LogP contribution is -2.40. The third kappa shape index (κ3) is 4.97. The SMILES string of the molecule is NC1CCC(Nc2nc(NC3CCN(CC4CC4)CC3)c3ncn(C4CCCC4)c3n2)CC1. The molecule has 8 heteroatoms. The Labute approximate surface area is 197 Å². The Morgan fingerprint density at radius 3 is 2.30 bits per heavy atom. The van der Waals surface area contributed by atoms with Crippen molar-refractivity contribution in [3.05, 3.63) is 6.33 Å². The molecule has 3 aliphatic carbocycles. The van der Waals surface area contributed by atoms with Crippen LogP contribution in [0.25, 0.3) is 11.2 Å². The summed E-state index contributed by atoms with van der Waals surface area (Å²) in [4.78, 5) is 17.4. The molecule has 0 bridgehead atoms. The van der Waals surface area contributed by atoms with E-state index in [-0.39, 0.29) is 0 Å². The number of piperidine rings is 1. The van der Waals surface area contributed by atoms with Crippen molar-refractivity contribution in [1.29, 1.82) is 0 Å². The van der Waals surface area contributed by atoms with E-state index in [1.54, 1.807) is 0 Å². The highest BCUT2D eigenvalue weighted by atomic mass is 15.2. The van der Waals surface area contributed by atoms with Crippen LogP contribution in [0.2, 0.25) is 0 Å². The molecule has 4 fully saturated rings. The highest BCUT2D eigenvalue weighted by Crippen LogP contribution is 2.34. The molecule has 0 unspecified atom stereocenters. The van der Waals surface area contributed by atoms with E-state index in [1.807, 2.05) is 6.33 Å². The molecule has 33 heavy (non-hydrogen) atoms. The highest BCUT2D eigenvalue weighted by molar-refractivity contribution is 5.84. The van der Waals surface area contributed by atoms with Gasteiger partial charge in [0.25, 0.3) is 0 Å². The first-order chi connectivity index (χ1) is 16.2. The summed E-state index contributed by atoms with van der Waals surface area (Å²) in [6, 6.07) is 1.72. The summed E-state index contributed by atoms with van der Waals surface area (Å²) in [5.41, 5.74) is 8.04. The van der Waals surface area contributed by atoms with Crippen LogP contribution in [-0.2, 0) is 0 Å². The van der Waals surface area contributed by atoms with E-state index in [2.05, 4.69) is 20.1 Å². The fourth-order valence-electron chi connectivity index (χ4n) is 6.10. The van der Waals surface area contributed by atoms with Gasteiger partial charge in [0.15, 0.2) is 17.0 Å². The van der Waals surface area contributed by atoms with Crippen molar-refractivity contribution in [2.24, 2.45) is 11.7 Å². The zero-order valence-corrected chi connectivity index (χ0v) is 19.9. The number of rotatable bonds is 7. The van der Waals surface area contributed by atoms with Crippen molar-refractivity contribution in [3.63, 3.8) is 0 Å². The van der Waals surface area contributed by atoms with Gasteiger partial charge in [-0.1, -0.05) is 12.8 Å². The summed E-state index contributed by atoms with van der Waals surface area (Å²) in [6.07, 6.45) is 16.6. The first kappa shape index (κ1) is 21.6. The first-order valence-corrected chi connectivity index (χ1v) is 13.5. The molecule has 4 N–H and O–H groups in total. The Balaban J connectivity index is 1.22. The normalized spacial score (nSPS) is 27.9. The molecule has 2 aromatic rings. The smallest absolute Gasteiger partial charge is 0.227 e. The maximum absolute atomic E-state index is 6.12. The minimum absolute atomic E-state index is 0.346. The lowest BCUT2D eigenvalue weighted by molar-refractivity contribution is 0.211. The summed E-state index contributed by atoms with van der Waals surface area (Å²) in [7, 11) is 0. The van der Waals surface area contributed by atoms with Gasteiger partial charge in [0.05, 0.1) is 6.33 Å². The summed E-state index contributed by atoms with van der Waals surface area (Å²) < 4.78 is 2.31. The molecule has 3 saturated carbocycles. The van der Waals surface area contributed by atoms with Gasteiger partial charge in [-0.2, -0.15) is 9.97 Å². The summed E-state index contributed by atoms with van der Waals surface area (Å²) in [5, 5.41) is 7.44. The van der Waals surface area contributed by atoms with Crippen LogP contribution in [-0.4, -0.2) is 62.2 Å². The third-order valence-corrected chi connectivity index (χ3v) is 8.39. The van der Waals surface area contributed by atoms with Gasteiger partial charge in [0.1, 0.15) is 0 Å². The molecule has 4 aliphatic rings. The minimum Gasteiger partial charge on any atom is -0.365 e. The molecule has 0 spiro atoms. The lowest BCUT2D eigenvalue weighted by atomic mass is 9.92. The van der Waals surface area contributed by atoms with E-state index in [0.717, 1.165) is 54.5 Å². The second-order valence-electron chi connectivity index (χ2n) is 11.1. The third-order valence-electron chi connectivity index (χ3n) is 8.39. The number of fused-ring (bicyclic) bond motifs is 1. The van der Waals surface area contributed by atoms with E-state index in [9.17, 15) is 0 Å². The quantitative estimate of drug-likeness (QED) is 0.586. The van der Waals surface area contributed by atoms with Gasteiger partial charge in [0.2, 0.25) is 5.95 Å². The second kappa shape index (κ2) is 9.37. The fraction of sp³-hybridized carbons (Fsp3) is 0.800. The van der Waals surface area contributed by atoms with Crippen molar-refractivity contribution in [2.45, 2.75) is 101 Å². The first-order valence-electron chi connectivity index (χ1n) is 13.5. The van der Waals surface area contributed by atoms with Gasteiger partial charge in [-0.25, -0.2) is 4.98 Å². The Hall–Kier alpha value is -1.93. The van der Waals surface area contributed by atoms with E-state index in [4.69, 9.17) is 20.7 Å². The summed E-state index contributed by atoms with van der Waals surface area (Å²) >= 11 is 0. The number of likely N-dealkylation sites (tertiary alicyclic amines) is 1. The molecular weight excluding hydrogens is 412 g/mol. The van der Waals surface area contributed by atoms with Crippen molar-refractivity contribution < 1.29 is 0 Å². The summed E-state index contributed by atoms with van der Waals surface area (Å²) in [6.45, 7) is 3.67. The topological polar surface area (TPSA) is 96.9 Å². The number of imidazole rings is 1. The van der Waals surface area contributed by atoms with Crippen LogP contribution in [0, 0.1) is 5.92 Å².